The number of hydrogen-bond donors (Lipinski definition) is 4. The molecule has 0 aliphatic carbocycles. The average molecular weight is 986 g/mol. The van der Waals surface area contributed by atoms with E-state index in [4.69, 9.17) is 9.05 Å². The molecule has 10 heteroatoms. The molecular formula is C59H106N2O7P+. The fourth-order valence-corrected chi connectivity index (χ4v) is 8.25. The number of hydrogen-bond acceptors (Lipinski definition) is 6. The van der Waals surface area contributed by atoms with Crippen molar-refractivity contribution in [1.29, 1.82) is 0 Å². The van der Waals surface area contributed by atoms with Gasteiger partial charge in [-0.3, -0.25) is 13.8 Å². The number of amides is 1. The highest BCUT2D eigenvalue weighted by Gasteiger charge is 2.31. The van der Waals surface area contributed by atoms with Crippen molar-refractivity contribution in [2.24, 2.45) is 0 Å². The van der Waals surface area contributed by atoms with Gasteiger partial charge in [0.15, 0.2) is 0 Å². The summed E-state index contributed by atoms with van der Waals surface area (Å²) in [6.45, 7) is 4.42. The number of quaternary nitrogens is 1. The summed E-state index contributed by atoms with van der Waals surface area (Å²) >= 11 is 0. The zero-order valence-electron chi connectivity index (χ0n) is 44.9. The molecule has 4 atom stereocenters. The molecule has 9 nitrogen and oxygen atoms in total. The lowest BCUT2D eigenvalue weighted by Crippen LogP contribution is -2.51. The quantitative estimate of drug-likeness (QED) is 0.0207. The summed E-state index contributed by atoms with van der Waals surface area (Å²) in [6, 6.07) is -1.06. The molecule has 0 spiro atoms. The van der Waals surface area contributed by atoms with Crippen molar-refractivity contribution >= 4 is 13.7 Å². The first kappa shape index (κ1) is 66.4. The van der Waals surface area contributed by atoms with Crippen molar-refractivity contribution in [2.45, 2.75) is 231 Å². The molecule has 1 amide bonds. The van der Waals surface area contributed by atoms with Gasteiger partial charge in [-0.05, 0) is 103 Å². The first-order valence-electron chi connectivity index (χ1n) is 27.7. The lowest BCUT2D eigenvalue weighted by Gasteiger charge is -2.28. The molecule has 0 radical (unpaired) electrons. The van der Waals surface area contributed by atoms with E-state index in [2.05, 4.69) is 116 Å². The largest absolute Gasteiger partial charge is 0.472 e. The summed E-state index contributed by atoms with van der Waals surface area (Å²) in [5.41, 5.74) is 0. The van der Waals surface area contributed by atoms with E-state index in [0.717, 1.165) is 83.5 Å². The van der Waals surface area contributed by atoms with Gasteiger partial charge in [-0.25, -0.2) is 4.57 Å². The van der Waals surface area contributed by atoms with Crippen LogP contribution in [0.15, 0.2) is 97.2 Å². The summed E-state index contributed by atoms with van der Waals surface area (Å²) < 4.78 is 23.6. The van der Waals surface area contributed by atoms with Crippen LogP contribution >= 0.6 is 7.82 Å². The predicted octanol–water partition coefficient (Wildman–Crippen LogP) is 15.6. The van der Waals surface area contributed by atoms with Crippen molar-refractivity contribution in [3.8, 4) is 0 Å². The van der Waals surface area contributed by atoms with Gasteiger partial charge in [0.1, 0.15) is 19.3 Å². The third kappa shape index (κ3) is 50.1. The van der Waals surface area contributed by atoms with Crippen molar-refractivity contribution in [1.82, 2.24) is 5.32 Å². The van der Waals surface area contributed by atoms with Gasteiger partial charge in [0, 0.05) is 6.42 Å². The second-order valence-corrected chi connectivity index (χ2v) is 21.1. The van der Waals surface area contributed by atoms with Gasteiger partial charge >= 0.3 is 7.82 Å². The van der Waals surface area contributed by atoms with Crippen LogP contribution in [0.1, 0.15) is 213 Å². The highest BCUT2D eigenvalue weighted by atomic mass is 31.2. The number of unbranched alkanes of at least 4 members (excludes halogenated alkanes) is 19. The number of carbonyl (C=O) groups is 1. The molecule has 0 fully saturated rings. The molecule has 0 aliphatic rings. The van der Waals surface area contributed by atoms with Crippen LogP contribution in [0.3, 0.4) is 0 Å². The van der Waals surface area contributed by atoms with Crippen LogP contribution in [0.4, 0.5) is 0 Å². The number of carbonyl (C=O) groups excluding carboxylic acids is 1. The van der Waals surface area contributed by atoms with Crippen molar-refractivity contribution in [3.05, 3.63) is 97.2 Å². The Bertz CT molecular complexity index is 1460. The minimum atomic E-state index is -4.44. The Kier molecular flexibility index (Phi) is 47.1. The number of phosphoric ester groups is 1. The van der Waals surface area contributed by atoms with E-state index in [-0.39, 0.29) is 18.9 Å². The fourth-order valence-electron chi connectivity index (χ4n) is 7.51. The van der Waals surface area contributed by atoms with E-state index in [0.29, 0.717) is 30.3 Å². The number of allylic oxidation sites excluding steroid dienone is 16. The summed E-state index contributed by atoms with van der Waals surface area (Å²) in [5, 5.41) is 24.7. The van der Waals surface area contributed by atoms with Gasteiger partial charge in [0.25, 0.3) is 0 Å². The van der Waals surface area contributed by atoms with Crippen LogP contribution in [0.5, 0.6) is 0 Å². The van der Waals surface area contributed by atoms with Crippen LogP contribution in [0.25, 0.3) is 0 Å². The van der Waals surface area contributed by atoms with Crippen LogP contribution in [0, 0.1) is 0 Å². The van der Waals surface area contributed by atoms with Gasteiger partial charge in [0.2, 0.25) is 5.91 Å². The van der Waals surface area contributed by atoms with Gasteiger partial charge in [-0.1, -0.05) is 201 Å². The maximum atomic E-state index is 13.0. The third-order valence-electron chi connectivity index (χ3n) is 11.9. The highest BCUT2D eigenvalue weighted by molar-refractivity contribution is 7.47. The molecule has 0 aromatic heterocycles. The standard InChI is InChI=1S/C59H105N2O7P/c1-6-8-10-12-14-16-18-20-21-22-23-24-25-26-27-28-29-30-31-32-33-34-35-36-37-38-39-40-42-44-46-48-50-52-58(63)60-56(55-68-69(65,66)67-54-53-61(3,4)5)59(64)57(62)51-49-47-45-43-41-19-17-15-13-11-9-7-2/h8,10,14-17,20-21,23-24,26-27,29-30,43,45,56-57,59,62,64H,6-7,9,11-13,18-19,22,25,28,31-42,44,46-55H2,1-5H3,(H-,60,63,65,66)/p+1/b10-8-,16-14-,17-15+,21-20-,24-23-,27-26-,30-29-,45-43+. The Balaban J connectivity index is 4.18. The first-order chi connectivity index (χ1) is 33.4. The first-order valence-corrected chi connectivity index (χ1v) is 29.2. The third-order valence-corrected chi connectivity index (χ3v) is 12.9. The normalized spacial score (nSPS) is 15.2. The van der Waals surface area contributed by atoms with Gasteiger partial charge in [0.05, 0.1) is 39.9 Å². The summed E-state index contributed by atoms with van der Waals surface area (Å²) in [6.07, 6.45) is 66.4. The topological polar surface area (TPSA) is 125 Å². The van der Waals surface area contributed by atoms with E-state index in [1.165, 1.54) is 89.9 Å². The molecule has 0 bridgehead atoms. The molecule has 69 heavy (non-hydrogen) atoms. The van der Waals surface area contributed by atoms with Gasteiger partial charge < -0.3 is 24.9 Å². The average Bonchev–Trinajstić information content (AvgIpc) is 3.31. The number of nitrogens with zero attached hydrogens (tertiary/aromatic N) is 1. The molecule has 0 rings (SSSR count). The zero-order valence-corrected chi connectivity index (χ0v) is 45.8. The number of rotatable bonds is 49. The molecule has 4 unspecified atom stereocenters. The molecule has 0 aromatic carbocycles. The van der Waals surface area contributed by atoms with Crippen LogP contribution in [-0.4, -0.2) is 84.6 Å². The molecule has 0 saturated heterocycles. The van der Waals surface area contributed by atoms with Crippen LogP contribution in [0.2, 0.25) is 0 Å². The van der Waals surface area contributed by atoms with Crippen molar-refractivity contribution < 1.29 is 38.0 Å². The maximum absolute atomic E-state index is 13.0. The molecule has 398 valence electrons. The Morgan fingerprint density at radius 1 is 0.522 bits per heavy atom. The number of aliphatic hydroxyl groups is 2. The second-order valence-electron chi connectivity index (χ2n) is 19.7. The number of nitrogens with one attached hydrogen (secondary N) is 1. The fraction of sp³-hybridized carbons (Fsp3) is 0.712. The summed E-state index contributed by atoms with van der Waals surface area (Å²) in [5.74, 6) is -0.277. The van der Waals surface area contributed by atoms with Gasteiger partial charge in [-0.2, -0.15) is 0 Å². The number of likely N-dealkylation sites (N-methyl/N-ethyl adjacent to an activating group) is 1. The maximum Gasteiger partial charge on any atom is 0.472 e. The SMILES string of the molecule is CC/C=C\C/C=C\C/C=C\C/C=C\C/C=C\C/C=C\CCCCCCCCCCCCCCCCC(=O)NC(COP(=O)(O)OCC[N+](C)(C)C)C(O)C(O)CCC/C=C/CC/C=C/CCCCC. The Labute approximate surface area is 424 Å². The van der Waals surface area contributed by atoms with Crippen LogP contribution < -0.4 is 5.32 Å². The van der Waals surface area contributed by atoms with E-state index in [1.807, 2.05) is 21.1 Å². The number of aliphatic hydroxyl groups excluding tert-OH is 2. The Morgan fingerprint density at radius 3 is 1.38 bits per heavy atom. The van der Waals surface area contributed by atoms with Crippen molar-refractivity contribution in [2.75, 3.05) is 40.9 Å². The van der Waals surface area contributed by atoms with Crippen molar-refractivity contribution in [3.63, 3.8) is 0 Å². The molecule has 0 aromatic rings. The smallest absolute Gasteiger partial charge is 0.390 e. The van der Waals surface area contributed by atoms with E-state index in [1.54, 1.807) is 0 Å². The minimum Gasteiger partial charge on any atom is -0.390 e. The van der Waals surface area contributed by atoms with E-state index >= 15 is 0 Å². The summed E-state index contributed by atoms with van der Waals surface area (Å²) in [4.78, 5) is 23.3. The number of phosphoric acid groups is 1. The molecule has 0 aliphatic heterocycles. The second kappa shape index (κ2) is 49.0. The molecular weight excluding hydrogens is 880 g/mol. The molecule has 4 N–H and O–H groups in total. The Hall–Kier alpha value is -2.62. The van der Waals surface area contributed by atoms with Crippen LogP contribution in [-0.2, 0) is 18.4 Å². The zero-order chi connectivity index (χ0) is 50.8. The predicted molar refractivity (Wildman–Crippen MR) is 296 cm³/mol. The molecule has 0 saturated carbocycles. The Morgan fingerprint density at radius 2 is 0.913 bits per heavy atom. The lowest BCUT2D eigenvalue weighted by molar-refractivity contribution is -0.870. The monoisotopic (exact) mass is 986 g/mol. The lowest BCUT2D eigenvalue weighted by atomic mass is 10.0. The minimum absolute atomic E-state index is 0.00990. The summed E-state index contributed by atoms with van der Waals surface area (Å²) in [7, 11) is 1.40. The molecule has 0 heterocycles. The highest BCUT2D eigenvalue weighted by Crippen LogP contribution is 2.43. The van der Waals surface area contributed by atoms with Gasteiger partial charge in [-0.15, -0.1) is 0 Å². The van der Waals surface area contributed by atoms with E-state index in [9.17, 15) is 24.5 Å². The van der Waals surface area contributed by atoms with E-state index < -0.39 is 32.7 Å².